The first-order valence-electron chi connectivity index (χ1n) is 4.35. The molecule has 94 valence electrons. The summed E-state index contributed by atoms with van der Waals surface area (Å²) < 4.78 is 62.3. The van der Waals surface area contributed by atoms with Gasteiger partial charge in [0.15, 0.2) is 6.29 Å². The van der Waals surface area contributed by atoms with Gasteiger partial charge in [0, 0.05) is 6.54 Å². The molecule has 0 aromatic carbocycles. The van der Waals surface area contributed by atoms with Gasteiger partial charge in [0.25, 0.3) is 6.43 Å². The molecule has 0 atom stereocenters. The van der Waals surface area contributed by atoms with Crippen molar-refractivity contribution in [3.05, 3.63) is 28.6 Å². The van der Waals surface area contributed by atoms with Crippen molar-refractivity contribution in [2.75, 3.05) is 0 Å². The second-order valence-electron chi connectivity index (χ2n) is 3.09. The van der Waals surface area contributed by atoms with Crippen LogP contribution in [0, 0.1) is 0 Å². The highest BCUT2D eigenvalue weighted by Gasteiger charge is 2.35. The van der Waals surface area contributed by atoms with Crippen LogP contribution < -0.4 is 5.73 Å². The molecule has 0 unspecified atom stereocenters. The summed E-state index contributed by atoms with van der Waals surface area (Å²) in [7, 11) is 0. The minimum absolute atomic E-state index is 0.213. The van der Waals surface area contributed by atoms with E-state index in [0.717, 1.165) is 0 Å². The number of hydrogen-bond acceptors (Lipinski definition) is 3. The highest BCUT2D eigenvalue weighted by Crippen LogP contribution is 2.33. The highest BCUT2D eigenvalue weighted by atomic mass is 19.4. The third kappa shape index (κ3) is 2.76. The molecule has 0 spiro atoms. The summed E-state index contributed by atoms with van der Waals surface area (Å²) in [5.74, 6) is 0. The lowest BCUT2D eigenvalue weighted by atomic mass is 10.1. The van der Waals surface area contributed by atoms with Gasteiger partial charge < -0.3 is 5.73 Å². The van der Waals surface area contributed by atoms with Crippen molar-refractivity contribution in [1.29, 1.82) is 0 Å². The molecular weight excluding hydrogens is 247 g/mol. The quantitative estimate of drug-likeness (QED) is 0.665. The van der Waals surface area contributed by atoms with Crippen LogP contribution in [0.2, 0.25) is 0 Å². The number of carbonyl (C=O) groups is 1. The van der Waals surface area contributed by atoms with Crippen LogP contribution in [0.4, 0.5) is 22.0 Å². The minimum Gasteiger partial charge on any atom is -0.326 e. The molecule has 0 aliphatic rings. The zero-order valence-corrected chi connectivity index (χ0v) is 8.26. The molecule has 1 aromatic rings. The normalized spacial score (nSPS) is 11.9. The number of rotatable bonds is 3. The van der Waals surface area contributed by atoms with Crippen LogP contribution >= 0.6 is 0 Å². The van der Waals surface area contributed by atoms with Crippen LogP contribution in [-0.2, 0) is 12.7 Å². The fraction of sp³-hybridized carbons (Fsp3) is 0.333. The van der Waals surface area contributed by atoms with E-state index < -0.39 is 41.7 Å². The van der Waals surface area contributed by atoms with Crippen molar-refractivity contribution in [1.82, 2.24) is 4.98 Å². The van der Waals surface area contributed by atoms with Gasteiger partial charge in [0.05, 0.1) is 5.56 Å². The number of aldehydes is 1. The first-order valence-corrected chi connectivity index (χ1v) is 4.35. The Labute approximate surface area is 92.4 Å². The molecule has 3 nitrogen and oxygen atoms in total. The van der Waals surface area contributed by atoms with E-state index in [0.29, 0.717) is 6.07 Å². The Kier molecular flexibility index (Phi) is 3.76. The van der Waals surface area contributed by atoms with Crippen molar-refractivity contribution in [2.24, 2.45) is 5.73 Å². The van der Waals surface area contributed by atoms with E-state index in [4.69, 9.17) is 5.73 Å². The molecule has 0 fully saturated rings. The lowest BCUT2D eigenvalue weighted by Crippen LogP contribution is -2.15. The number of alkyl halides is 5. The first-order chi connectivity index (χ1) is 7.81. The van der Waals surface area contributed by atoms with Gasteiger partial charge in [-0.15, -0.1) is 0 Å². The summed E-state index contributed by atoms with van der Waals surface area (Å²) in [5, 5.41) is 0. The molecule has 0 radical (unpaired) electrons. The molecular formula is C9H7F5N2O. The number of carbonyl (C=O) groups excluding carboxylic acids is 1. The van der Waals surface area contributed by atoms with E-state index in [1.807, 2.05) is 0 Å². The molecule has 8 heteroatoms. The molecule has 17 heavy (non-hydrogen) atoms. The Bertz CT molecular complexity index is 430. The number of pyridine rings is 1. The first kappa shape index (κ1) is 13.5. The number of halogens is 5. The molecule has 2 N–H and O–H groups in total. The van der Waals surface area contributed by atoms with E-state index >= 15 is 0 Å². The summed E-state index contributed by atoms with van der Waals surface area (Å²) in [6.07, 6.45) is -8.14. The fourth-order valence-electron chi connectivity index (χ4n) is 1.25. The fourth-order valence-corrected chi connectivity index (χ4v) is 1.25. The van der Waals surface area contributed by atoms with E-state index in [1.54, 1.807) is 0 Å². The third-order valence-electron chi connectivity index (χ3n) is 2.01. The van der Waals surface area contributed by atoms with Crippen molar-refractivity contribution >= 4 is 6.29 Å². The van der Waals surface area contributed by atoms with Gasteiger partial charge in [-0.25, -0.2) is 13.8 Å². The van der Waals surface area contributed by atoms with Gasteiger partial charge in [0.1, 0.15) is 11.4 Å². The molecule has 0 bridgehead atoms. The number of aromatic nitrogens is 1. The standard InChI is InChI=1S/C9H7F5N2O/c10-8(11)7-4(2-15)1-5(9(12,13)14)6(3-17)16-7/h1,3,8H,2,15H2. The highest BCUT2D eigenvalue weighted by molar-refractivity contribution is 5.75. The van der Waals surface area contributed by atoms with E-state index in [1.165, 1.54) is 0 Å². The molecule has 0 aliphatic heterocycles. The van der Waals surface area contributed by atoms with Crippen LogP contribution in [0.3, 0.4) is 0 Å². The van der Waals surface area contributed by atoms with Gasteiger partial charge in [0.2, 0.25) is 0 Å². The summed E-state index contributed by atoms with van der Waals surface area (Å²) in [6.45, 7) is -0.519. The predicted molar refractivity (Wildman–Crippen MR) is 47.5 cm³/mol. The smallest absolute Gasteiger partial charge is 0.326 e. The van der Waals surface area contributed by atoms with E-state index in [9.17, 15) is 26.7 Å². The Morgan fingerprint density at radius 2 is 2.00 bits per heavy atom. The Hall–Kier alpha value is -1.57. The van der Waals surface area contributed by atoms with Gasteiger partial charge in [-0.1, -0.05) is 0 Å². The molecule has 1 heterocycles. The van der Waals surface area contributed by atoms with Gasteiger partial charge in [-0.2, -0.15) is 13.2 Å². The second-order valence-corrected chi connectivity index (χ2v) is 3.09. The maximum absolute atomic E-state index is 12.5. The molecule has 0 saturated heterocycles. The summed E-state index contributed by atoms with van der Waals surface area (Å²) in [6, 6.07) is 0.429. The summed E-state index contributed by atoms with van der Waals surface area (Å²) in [5.41, 5.74) is 1.30. The van der Waals surface area contributed by atoms with Crippen molar-refractivity contribution < 1.29 is 26.7 Å². The Morgan fingerprint density at radius 3 is 2.35 bits per heavy atom. The minimum atomic E-state index is -4.84. The van der Waals surface area contributed by atoms with Crippen LogP contribution in [0.25, 0.3) is 0 Å². The average Bonchev–Trinajstić information content (AvgIpc) is 2.25. The van der Waals surface area contributed by atoms with Crippen molar-refractivity contribution in [3.8, 4) is 0 Å². The zero-order chi connectivity index (χ0) is 13.2. The van der Waals surface area contributed by atoms with Crippen LogP contribution in [-0.4, -0.2) is 11.3 Å². The van der Waals surface area contributed by atoms with Crippen LogP contribution in [0.1, 0.15) is 33.7 Å². The number of nitrogens with zero attached hydrogens (tertiary/aromatic N) is 1. The topological polar surface area (TPSA) is 56.0 Å². The average molecular weight is 254 g/mol. The van der Waals surface area contributed by atoms with Crippen LogP contribution in [0.5, 0.6) is 0 Å². The van der Waals surface area contributed by atoms with Gasteiger partial charge in [-0.05, 0) is 11.6 Å². The van der Waals surface area contributed by atoms with Crippen LogP contribution in [0.15, 0.2) is 6.07 Å². The Balaban J connectivity index is 3.49. The molecule has 0 aliphatic carbocycles. The number of hydrogen-bond donors (Lipinski definition) is 1. The maximum atomic E-state index is 12.5. The van der Waals surface area contributed by atoms with Crippen molar-refractivity contribution in [2.45, 2.75) is 19.1 Å². The molecule has 0 amide bonds. The molecule has 1 rings (SSSR count). The van der Waals surface area contributed by atoms with E-state index in [-0.39, 0.29) is 6.29 Å². The lowest BCUT2D eigenvalue weighted by molar-refractivity contribution is -0.138. The SMILES string of the molecule is NCc1cc(C(F)(F)F)c(C=O)nc1C(F)F. The number of nitrogens with two attached hydrogens (primary N) is 1. The Morgan fingerprint density at radius 1 is 1.41 bits per heavy atom. The second kappa shape index (κ2) is 4.74. The predicted octanol–water partition coefficient (Wildman–Crippen LogP) is 2.31. The summed E-state index contributed by atoms with van der Waals surface area (Å²) >= 11 is 0. The summed E-state index contributed by atoms with van der Waals surface area (Å²) in [4.78, 5) is 13.4. The maximum Gasteiger partial charge on any atom is 0.418 e. The van der Waals surface area contributed by atoms with Gasteiger partial charge in [-0.3, -0.25) is 4.79 Å². The zero-order valence-electron chi connectivity index (χ0n) is 8.26. The van der Waals surface area contributed by atoms with E-state index in [2.05, 4.69) is 4.98 Å². The molecule has 0 saturated carbocycles. The third-order valence-corrected chi connectivity index (χ3v) is 2.01. The lowest BCUT2D eigenvalue weighted by Gasteiger charge is -2.13. The monoisotopic (exact) mass is 254 g/mol. The largest absolute Gasteiger partial charge is 0.418 e. The van der Waals surface area contributed by atoms with Crippen molar-refractivity contribution in [3.63, 3.8) is 0 Å². The van der Waals surface area contributed by atoms with Gasteiger partial charge >= 0.3 is 6.18 Å². The molecule has 1 aromatic heterocycles.